The maximum atomic E-state index is 3.85. The number of rotatable bonds is 0. The second-order valence-electron chi connectivity index (χ2n) is 5.96. The summed E-state index contributed by atoms with van der Waals surface area (Å²) in [6.07, 6.45) is 6.52. The summed E-state index contributed by atoms with van der Waals surface area (Å²) in [5.41, 5.74) is 2.84. The van der Waals surface area contributed by atoms with Crippen molar-refractivity contribution in [1.29, 1.82) is 0 Å². The van der Waals surface area contributed by atoms with E-state index in [2.05, 4.69) is 53.7 Å². The van der Waals surface area contributed by atoms with E-state index in [4.69, 9.17) is 0 Å². The minimum absolute atomic E-state index is 0.140. The Bertz CT molecular complexity index is 621. The zero-order valence-corrected chi connectivity index (χ0v) is 11.4. The molecule has 1 N–H and O–H groups in total. The lowest BCUT2D eigenvalue weighted by Gasteiger charge is -2.50. The Kier molecular flexibility index (Phi) is 2.29. The molecule has 0 atom stereocenters. The number of anilines is 2. The summed E-state index contributed by atoms with van der Waals surface area (Å²) < 4.78 is 0. The standard InChI is InChI=1S/C17H20N2/c1-19-15-10-6-8-13-7-5-9-14(16(13)15)18-17(19)11-3-2-4-12-17/h5-10,18H,2-4,11-12H2,1H3. The van der Waals surface area contributed by atoms with Crippen molar-refractivity contribution >= 4 is 22.1 Å². The Morgan fingerprint density at radius 3 is 2.53 bits per heavy atom. The highest BCUT2D eigenvalue weighted by Gasteiger charge is 2.39. The molecule has 2 aromatic carbocycles. The van der Waals surface area contributed by atoms with Gasteiger partial charge in [0.05, 0.1) is 0 Å². The molecule has 1 spiro atoms. The van der Waals surface area contributed by atoms with Gasteiger partial charge in [-0.2, -0.15) is 0 Å². The van der Waals surface area contributed by atoms with Gasteiger partial charge in [-0.1, -0.05) is 30.7 Å². The largest absolute Gasteiger partial charge is 0.362 e. The first kappa shape index (κ1) is 11.2. The number of hydrogen-bond donors (Lipinski definition) is 1. The van der Waals surface area contributed by atoms with Crippen LogP contribution in [0.4, 0.5) is 11.4 Å². The third-order valence-electron chi connectivity index (χ3n) is 4.93. The van der Waals surface area contributed by atoms with Crippen LogP contribution < -0.4 is 10.2 Å². The van der Waals surface area contributed by atoms with Crippen LogP contribution in [0, 0.1) is 0 Å². The fraction of sp³-hybridized carbons (Fsp3) is 0.412. The summed E-state index contributed by atoms with van der Waals surface area (Å²) in [6.45, 7) is 0. The molecule has 0 saturated heterocycles. The maximum absolute atomic E-state index is 3.85. The van der Waals surface area contributed by atoms with Gasteiger partial charge in [-0.05, 0) is 43.2 Å². The lowest BCUT2D eigenvalue weighted by molar-refractivity contribution is 0.318. The van der Waals surface area contributed by atoms with Gasteiger partial charge in [0.2, 0.25) is 0 Å². The second-order valence-corrected chi connectivity index (χ2v) is 5.96. The van der Waals surface area contributed by atoms with Crippen LogP contribution in [0.3, 0.4) is 0 Å². The van der Waals surface area contributed by atoms with Crippen LogP contribution in [0.2, 0.25) is 0 Å². The Balaban J connectivity index is 1.94. The van der Waals surface area contributed by atoms with Crippen LogP contribution >= 0.6 is 0 Å². The molecule has 2 heteroatoms. The van der Waals surface area contributed by atoms with E-state index < -0.39 is 0 Å². The fourth-order valence-corrected chi connectivity index (χ4v) is 3.87. The van der Waals surface area contributed by atoms with Crippen molar-refractivity contribution in [3.63, 3.8) is 0 Å². The first-order valence-electron chi connectivity index (χ1n) is 7.34. The van der Waals surface area contributed by atoms with Crippen molar-refractivity contribution in [2.75, 3.05) is 17.3 Å². The van der Waals surface area contributed by atoms with Gasteiger partial charge in [0.25, 0.3) is 0 Å². The average molecular weight is 252 g/mol. The quantitative estimate of drug-likeness (QED) is 0.749. The van der Waals surface area contributed by atoms with Crippen LogP contribution in [0.1, 0.15) is 32.1 Å². The van der Waals surface area contributed by atoms with E-state index >= 15 is 0 Å². The lowest BCUT2D eigenvalue weighted by atomic mass is 9.85. The van der Waals surface area contributed by atoms with Crippen molar-refractivity contribution in [3.8, 4) is 0 Å². The zero-order chi connectivity index (χ0) is 12.9. The molecular weight excluding hydrogens is 232 g/mol. The molecule has 1 aliphatic heterocycles. The van der Waals surface area contributed by atoms with Gasteiger partial charge in [0, 0.05) is 23.8 Å². The van der Waals surface area contributed by atoms with E-state index in [-0.39, 0.29) is 5.66 Å². The molecule has 19 heavy (non-hydrogen) atoms. The molecule has 0 radical (unpaired) electrons. The normalized spacial score (nSPS) is 20.6. The third kappa shape index (κ3) is 1.49. The Labute approximate surface area is 114 Å². The summed E-state index contributed by atoms with van der Waals surface area (Å²) in [5, 5.41) is 6.56. The van der Waals surface area contributed by atoms with Crippen LogP contribution in [0.25, 0.3) is 10.8 Å². The molecule has 0 amide bonds. The predicted molar refractivity (Wildman–Crippen MR) is 81.8 cm³/mol. The van der Waals surface area contributed by atoms with Crippen LogP contribution in [-0.4, -0.2) is 12.7 Å². The average Bonchev–Trinajstić information content (AvgIpc) is 2.46. The minimum Gasteiger partial charge on any atom is -0.362 e. The van der Waals surface area contributed by atoms with Crippen LogP contribution in [0.15, 0.2) is 36.4 Å². The lowest BCUT2D eigenvalue weighted by Crippen LogP contribution is -2.56. The number of nitrogens with one attached hydrogen (secondary N) is 1. The molecule has 0 unspecified atom stereocenters. The van der Waals surface area contributed by atoms with E-state index in [1.165, 1.54) is 54.3 Å². The van der Waals surface area contributed by atoms with Gasteiger partial charge in [-0.3, -0.25) is 0 Å². The first-order valence-corrected chi connectivity index (χ1v) is 7.34. The van der Waals surface area contributed by atoms with Gasteiger partial charge in [0.15, 0.2) is 0 Å². The van der Waals surface area contributed by atoms with Crippen molar-refractivity contribution in [2.45, 2.75) is 37.8 Å². The molecule has 98 valence electrons. The van der Waals surface area contributed by atoms with Crippen molar-refractivity contribution in [3.05, 3.63) is 36.4 Å². The third-order valence-corrected chi connectivity index (χ3v) is 4.93. The van der Waals surface area contributed by atoms with E-state index in [1.54, 1.807) is 0 Å². The molecule has 1 aliphatic carbocycles. The zero-order valence-electron chi connectivity index (χ0n) is 11.4. The van der Waals surface area contributed by atoms with E-state index in [0.717, 1.165) is 0 Å². The molecule has 0 aromatic heterocycles. The summed E-state index contributed by atoms with van der Waals surface area (Å²) in [5.74, 6) is 0. The Hall–Kier alpha value is -1.70. The van der Waals surface area contributed by atoms with Crippen LogP contribution in [0.5, 0.6) is 0 Å². The SMILES string of the molecule is CN1c2cccc3cccc(c23)NC12CCCCC2. The molecule has 1 saturated carbocycles. The van der Waals surface area contributed by atoms with E-state index in [0.29, 0.717) is 0 Å². The molecule has 2 nitrogen and oxygen atoms in total. The smallest absolute Gasteiger partial charge is 0.110 e. The van der Waals surface area contributed by atoms with Crippen molar-refractivity contribution in [2.24, 2.45) is 0 Å². The van der Waals surface area contributed by atoms with Gasteiger partial charge in [0.1, 0.15) is 5.66 Å². The van der Waals surface area contributed by atoms with E-state index in [9.17, 15) is 0 Å². The first-order chi connectivity index (χ1) is 9.30. The highest BCUT2D eigenvalue weighted by Crippen LogP contribution is 2.45. The highest BCUT2D eigenvalue weighted by molar-refractivity contribution is 6.05. The van der Waals surface area contributed by atoms with Crippen molar-refractivity contribution < 1.29 is 0 Å². The molecule has 1 heterocycles. The van der Waals surface area contributed by atoms with E-state index in [1.807, 2.05) is 0 Å². The molecule has 0 bridgehead atoms. The molecule has 1 fully saturated rings. The summed E-state index contributed by atoms with van der Waals surface area (Å²) in [6, 6.07) is 13.3. The van der Waals surface area contributed by atoms with Gasteiger partial charge >= 0.3 is 0 Å². The summed E-state index contributed by atoms with van der Waals surface area (Å²) in [4.78, 5) is 2.49. The fourth-order valence-electron chi connectivity index (χ4n) is 3.87. The molecule has 2 aromatic rings. The van der Waals surface area contributed by atoms with Crippen molar-refractivity contribution in [1.82, 2.24) is 0 Å². The molecular formula is C17H20N2. The molecule has 4 rings (SSSR count). The topological polar surface area (TPSA) is 15.3 Å². The van der Waals surface area contributed by atoms with Crippen LogP contribution in [-0.2, 0) is 0 Å². The number of nitrogens with zero attached hydrogens (tertiary/aromatic N) is 1. The second kappa shape index (κ2) is 3.89. The Morgan fingerprint density at radius 2 is 1.74 bits per heavy atom. The van der Waals surface area contributed by atoms with Gasteiger partial charge in [-0.15, -0.1) is 0 Å². The monoisotopic (exact) mass is 252 g/mol. The summed E-state index contributed by atoms with van der Waals surface area (Å²) >= 11 is 0. The summed E-state index contributed by atoms with van der Waals surface area (Å²) in [7, 11) is 2.25. The Morgan fingerprint density at radius 1 is 1.00 bits per heavy atom. The maximum Gasteiger partial charge on any atom is 0.110 e. The van der Waals surface area contributed by atoms with Gasteiger partial charge < -0.3 is 10.2 Å². The number of hydrogen-bond acceptors (Lipinski definition) is 2. The predicted octanol–water partition coefficient (Wildman–Crippen LogP) is 4.36. The molecule has 2 aliphatic rings. The highest BCUT2D eigenvalue weighted by atomic mass is 15.3. The van der Waals surface area contributed by atoms with Gasteiger partial charge in [-0.25, -0.2) is 0 Å². The number of benzene rings is 2. The minimum atomic E-state index is 0.140.